The molecule has 2 atom stereocenters. The SMILES string of the molecule is CCCC(C)N(C)C(=O)CC1CNc2ccccc21. The Morgan fingerprint density at radius 1 is 1.47 bits per heavy atom. The molecule has 1 N–H and O–H groups in total. The molecular weight excluding hydrogens is 236 g/mol. The van der Waals surface area contributed by atoms with Gasteiger partial charge in [-0.25, -0.2) is 0 Å². The van der Waals surface area contributed by atoms with Gasteiger partial charge in [-0.1, -0.05) is 31.5 Å². The highest BCUT2D eigenvalue weighted by Gasteiger charge is 2.26. The molecule has 1 aliphatic heterocycles. The fraction of sp³-hybridized carbons (Fsp3) is 0.562. The summed E-state index contributed by atoms with van der Waals surface area (Å²) in [5.41, 5.74) is 2.47. The summed E-state index contributed by atoms with van der Waals surface area (Å²) in [4.78, 5) is 14.2. The smallest absolute Gasteiger partial charge is 0.223 e. The lowest BCUT2D eigenvalue weighted by Gasteiger charge is -2.26. The molecule has 0 bridgehead atoms. The van der Waals surface area contributed by atoms with E-state index in [1.807, 2.05) is 24.1 Å². The minimum Gasteiger partial charge on any atom is -0.384 e. The van der Waals surface area contributed by atoms with Crippen molar-refractivity contribution in [1.29, 1.82) is 0 Å². The molecule has 0 saturated carbocycles. The summed E-state index contributed by atoms with van der Waals surface area (Å²) in [6.07, 6.45) is 2.79. The van der Waals surface area contributed by atoms with Gasteiger partial charge < -0.3 is 10.2 Å². The molecule has 19 heavy (non-hydrogen) atoms. The van der Waals surface area contributed by atoms with E-state index < -0.39 is 0 Å². The second-order valence-electron chi connectivity index (χ2n) is 5.51. The van der Waals surface area contributed by atoms with Crippen molar-refractivity contribution in [2.24, 2.45) is 0 Å². The third-order valence-corrected chi connectivity index (χ3v) is 4.12. The molecular formula is C16H24N2O. The monoisotopic (exact) mass is 260 g/mol. The van der Waals surface area contributed by atoms with Crippen LogP contribution in [0.15, 0.2) is 24.3 Å². The minimum atomic E-state index is 0.254. The normalized spacial score (nSPS) is 18.6. The van der Waals surface area contributed by atoms with Crippen LogP contribution < -0.4 is 5.32 Å². The third-order valence-electron chi connectivity index (χ3n) is 4.12. The van der Waals surface area contributed by atoms with Crippen LogP contribution in [0.1, 0.15) is 44.6 Å². The van der Waals surface area contributed by atoms with Crippen LogP contribution in [0.2, 0.25) is 0 Å². The number of anilines is 1. The summed E-state index contributed by atoms with van der Waals surface area (Å²) < 4.78 is 0. The molecule has 0 radical (unpaired) electrons. The molecule has 3 nitrogen and oxygen atoms in total. The number of para-hydroxylation sites is 1. The van der Waals surface area contributed by atoms with Gasteiger partial charge in [0, 0.05) is 37.7 Å². The van der Waals surface area contributed by atoms with Crippen LogP contribution in [0, 0.1) is 0 Å². The molecule has 0 spiro atoms. The fourth-order valence-corrected chi connectivity index (χ4v) is 2.75. The zero-order chi connectivity index (χ0) is 13.8. The molecule has 0 saturated heterocycles. The molecule has 0 aliphatic carbocycles. The molecule has 1 aromatic carbocycles. The lowest BCUT2D eigenvalue weighted by molar-refractivity contribution is -0.132. The highest BCUT2D eigenvalue weighted by Crippen LogP contribution is 2.33. The molecule has 0 fully saturated rings. The fourth-order valence-electron chi connectivity index (χ4n) is 2.75. The first-order valence-corrected chi connectivity index (χ1v) is 7.22. The largest absolute Gasteiger partial charge is 0.384 e. The van der Waals surface area contributed by atoms with Gasteiger partial charge in [0.1, 0.15) is 0 Å². The highest BCUT2D eigenvalue weighted by molar-refractivity contribution is 5.78. The molecule has 3 heteroatoms. The summed E-state index contributed by atoms with van der Waals surface area (Å²) in [7, 11) is 1.93. The van der Waals surface area contributed by atoms with Crippen molar-refractivity contribution >= 4 is 11.6 Å². The van der Waals surface area contributed by atoms with Crippen LogP contribution in [0.4, 0.5) is 5.69 Å². The van der Waals surface area contributed by atoms with Gasteiger partial charge in [-0.05, 0) is 25.0 Å². The average Bonchev–Trinajstić information content (AvgIpc) is 2.81. The molecule has 2 unspecified atom stereocenters. The van der Waals surface area contributed by atoms with Gasteiger partial charge in [-0.15, -0.1) is 0 Å². The standard InChI is InChI=1S/C16H24N2O/c1-4-7-12(2)18(3)16(19)10-13-11-17-15-9-6-5-8-14(13)15/h5-6,8-9,12-13,17H,4,7,10-11H2,1-3H3. The second kappa shape index (κ2) is 6.09. The maximum absolute atomic E-state index is 12.3. The van der Waals surface area contributed by atoms with E-state index in [9.17, 15) is 4.79 Å². The molecule has 1 aromatic rings. The van der Waals surface area contributed by atoms with Crippen LogP contribution in [-0.2, 0) is 4.79 Å². The summed E-state index contributed by atoms with van der Waals surface area (Å²) in [5, 5.41) is 3.38. The van der Waals surface area contributed by atoms with Gasteiger partial charge in [-0.3, -0.25) is 4.79 Å². The Bertz CT molecular complexity index is 444. The Labute approximate surface area is 116 Å². The number of rotatable bonds is 5. The minimum absolute atomic E-state index is 0.254. The predicted molar refractivity (Wildman–Crippen MR) is 79.4 cm³/mol. The number of carbonyl (C=O) groups excluding carboxylic acids is 1. The molecule has 1 amide bonds. The maximum Gasteiger partial charge on any atom is 0.223 e. The predicted octanol–water partition coefficient (Wildman–Crippen LogP) is 3.23. The van der Waals surface area contributed by atoms with Crippen molar-refractivity contribution in [3.8, 4) is 0 Å². The zero-order valence-corrected chi connectivity index (χ0v) is 12.1. The third kappa shape index (κ3) is 3.09. The number of carbonyl (C=O) groups is 1. The summed E-state index contributed by atoms with van der Waals surface area (Å²) in [6, 6.07) is 8.63. The number of hydrogen-bond acceptors (Lipinski definition) is 2. The lowest BCUT2D eigenvalue weighted by atomic mass is 9.97. The van der Waals surface area contributed by atoms with Gasteiger partial charge in [0.05, 0.1) is 0 Å². The Morgan fingerprint density at radius 3 is 2.95 bits per heavy atom. The number of fused-ring (bicyclic) bond motifs is 1. The highest BCUT2D eigenvalue weighted by atomic mass is 16.2. The van der Waals surface area contributed by atoms with Crippen molar-refractivity contribution in [2.75, 3.05) is 18.9 Å². The van der Waals surface area contributed by atoms with Gasteiger partial charge in [0.15, 0.2) is 0 Å². The van der Waals surface area contributed by atoms with Gasteiger partial charge in [-0.2, -0.15) is 0 Å². The topological polar surface area (TPSA) is 32.3 Å². The number of amides is 1. The van der Waals surface area contributed by atoms with E-state index in [2.05, 4.69) is 31.3 Å². The van der Waals surface area contributed by atoms with E-state index in [4.69, 9.17) is 0 Å². The first kappa shape index (κ1) is 13.9. The van der Waals surface area contributed by atoms with E-state index in [0.717, 1.165) is 19.4 Å². The molecule has 2 rings (SSSR count). The van der Waals surface area contributed by atoms with Crippen LogP contribution in [0.25, 0.3) is 0 Å². The van der Waals surface area contributed by atoms with Crippen molar-refractivity contribution in [3.05, 3.63) is 29.8 Å². The summed E-state index contributed by atoms with van der Waals surface area (Å²) in [5.74, 6) is 0.574. The Hall–Kier alpha value is -1.51. The molecule has 0 aromatic heterocycles. The van der Waals surface area contributed by atoms with Gasteiger partial charge in [0.2, 0.25) is 5.91 Å². The number of hydrogen-bond donors (Lipinski definition) is 1. The number of benzene rings is 1. The van der Waals surface area contributed by atoms with Crippen molar-refractivity contribution in [1.82, 2.24) is 4.90 Å². The van der Waals surface area contributed by atoms with Crippen LogP contribution in [0.3, 0.4) is 0 Å². The summed E-state index contributed by atoms with van der Waals surface area (Å²) in [6.45, 7) is 5.16. The van der Waals surface area contributed by atoms with Crippen LogP contribution in [0.5, 0.6) is 0 Å². The lowest BCUT2D eigenvalue weighted by Crippen LogP contribution is -2.35. The van der Waals surface area contributed by atoms with Crippen molar-refractivity contribution in [2.45, 2.75) is 45.1 Å². The van der Waals surface area contributed by atoms with E-state index in [1.165, 1.54) is 11.3 Å². The average molecular weight is 260 g/mol. The Balaban J connectivity index is 1.97. The van der Waals surface area contributed by atoms with Crippen LogP contribution in [-0.4, -0.2) is 30.4 Å². The first-order valence-electron chi connectivity index (χ1n) is 7.22. The van der Waals surface area contributed by atoms with Crippen LogP contribution >= 0.6 is 0 Å². The first-order chi connectivity index (χ1) is 9.13. The number of nitrogens with zero attached hydrogens (tertiary/aromatic N) is 1. The van der Waals surface area contributed by atoms with Crippen molar-refractivity contribution < 1.29 is 4.79 Å². The maximum atomic E-state index is 12.3. The zero-order valence-electron chi connectivity index (χ0n) is 12.1. The van der Waals surface area contributed by atoms with E-state index in [0.29, 0.717) is 18.4 Å². The van der Waals surface area contributed by atoms with E-state index in [1.54, 1.807) is 0 Å². The Kier molecular flexibility index (Phi) is 4.46. The second-order valence-corrected chi connectivity index (χ2v) is 5.51. The molecule has 1 aliphatic rings. The molecule has 104 valence electrons. The summed E-state index contributed by atoms with van der Waals surface area (Å²) >= 11 is 0. The van der Waals surface area contributed by atoms with Gasteiger partial charge >= 0.3 is 0 Å². The van der Waals surface area contributed by atoms with Gasteiger partial charge in [0.25, 0.3) is 0 Å². The van der Waals surface area contributed by atoms with Crippen molar-refractivity contribution in [3.63, 3.8) is 0 Å². The van der Waals surface area contributed by atoms with E-state index >= 15 is 0 Å². The Morgan fingerprint density at radius 2 is 2.21 bits per heavy atom. The quantitative estimate of drug-likeness (QED) is 0.881. The number of nitrogens with one attached hydrogen (secondary N) is 1. The molecule has 1 heterocycles. The van der Waals surface area contributed by atoms with E-state index in [-0.39, 0.29) is 5.91 Å².